The summed E-state index contributed by atoms with van der Waals surface area (Å²) in [5.41, 5.74) is 5.36. The molecule has 0 unspecified atom stereocenters. The van der Waals surface area contributed by atoms with Crippen LogP contribution in [0, 0.1) is 5.92 Å². The highest BCUT2D eigenvalue weighted by Crippen LogP contribution is 1.95. The first-order valence-corrected chi connectivity index (χ1v) is 6.09. The van der Waals surface area contributed by atoms with Gasteiger partial charge < -0.3 is 21.7 Å². The molecule has 0 radical (unpaired) electrons. The normalized spacial score (nSPS) is 11.2. The van der Waals surface area contributed by atoms with Gasteiger partial charge in [-0.25, -0.2) is 0 Å². The van der Waals surface area contributed by atoms with Crippen molar-refractivity contribution in [1.82, 2.24) is 16.0 Å². The van der Waals surface area contributed by atoms with Gasteiger partial charge in [0.25, 0.3) is 0 Å². The van der Waals surface area contributed by atoms with Gasteiger partial charge in [-0.15, -0.1) is 0 Å². The first-order valence-electron chi connectivity index (χ1n) is 6.09. The average molecular weight is 216 g/mol. The molecule has 4 heteroatoms. The summed E-state index contributed by atoms with van der Waals surface area (Å²) < 4.78 is 0. The van der Waals surface area contributed by atoms with E-state index < -0.39 is 0 Å². The standard InChI is InChI=1S/C11H28N4/c1-11(2)3-5-13-7-9-15-10-8-14-6-4-12/h11,13-15H,3-10,12H2,1-2H3. The molecule has 0 spiro atoms. The molecule has 0 aromatic heterocycles. The molecule has 92 valence electrons. The van der Waals surface area contributed by atoms with Gasteiger partial charge >= 0.3 is 0 Å². The second-order valence-corrected chi connectivity index (χ2v) is 4.22. The molecule has 0 aromatic carbocycles. The summed E-state index contributed by atoms with van der Waals surface area (Å²) in [4.78, 5) is 0. The largest absolute Gasteiger partial charge is 0.329 e. The third kappa shape index (κ3) is 13.8. The molecule has 0 aliphatic heterocycles. The van der Waals surface area contributed by atoms with Gasteiger partial charge in [-0.3, -0.25) is 0 Å². The third-order valence-electron chi connectivity index (χ3n) is 2.18. The van der Waals surface area contributed by atoms with E-state index in [9.17, 15) is 0 Å². The zero-order valence-electron chi connectivity index (χ0n) is 10.3. The summed E-state index contributed by atoms with van der Waals surface area (Å²) in [6, 6.07) is 0. The van der Waals surface area contributed by atoms with Gasteiger partial charge in [0.15, 0.2) is 0 Å². The Morgan fingerprint density at radius 1 is 0.800 bits per heavy atom. The maximum Gasteiger partial charge on any atom is 0.00772 e. The monoisotopic (exact) mass is 216 g/mol. The van der Waals surface area contributed by atoms with Crippen molar-refractivity contribution >= 4 is 0 Å². The molecule has 0 saturated carbocycles. The Morgan fingerprint density at radius 2 is 1.27 bits per heavy atom. The first kappa shape index (κ1) is 14.8. The van der Waals surface area contributed by atoms with Crippen LogP contribution in [-0.4, -0.2) is 45.8 Å². The van der Waals surface area contributed by atoms with E-state index in [1.165, 1.54) is 6.42 Å². The van der Waals surface area contributed by atoms with E-state index in [0.717, 1.165) is 51.7 Å². The van der Waals surface area contributed by atoms with Crippen LogP contribution >= 0.6 is 0 Å². The number of rotatable bonds is 11. The molecular weight excluding hydrogens is 188 g/mol. The lowest BCUT2D eigenvalue weighted by Crippen LogP contribution is -2.34. The lowest BCUT2D eigenvalue weighted by Gasteiger charge is -2.08. The minimum absolute atomic E-state index is 0.719. The SMILES string of the molecule is CC(C)CCNCCNCCNCCN. The van der Waals surface area contributed by atoms with Crippen LogP contribution in [0.4, 0.5) is 0 Å². The van der Waals surface area contributed by atoms with Crippen LogP contribution in [0.3, 0.4) is 0 Å². The quantitative estimate of drug-likeness (QED) is 0.360. The Balaban J connectivity index is 2.87. The van der Waals surface area contributed by atoms with Crippen LogP contribution in [0.15, 0.2) is 0 Å². The van der Waals surface area contributed by atoms with Gasteiger partial charge in [-0.2, -0.15) is 0 Å². The minimum Gasteiger partial charge on any atom is -0.329 e. The third-order valence-corrected chi connectivity index (χ3v) is 2.18. The smallest absolute Gasteiger partial charge is 0.00772 e. The lowest BCUT2D eigenvalue weighted by atomic mass is 10.1. The topological polar surface area (TPSA) is 62.1 Å². The highest BCUT2D eigenvalue weighted by molar-refractivity contribution is 4.56. The fourth-order valence-electron chi connectivity index (χ4n) is 1.22. The second kappa shape index (κ2) is 11.9. The molecule has 5 N–H and O–H groups in total. The Kier molecular flexibility index (Phi) is 11.8. The molecule has 0 aromatic rings. The fraction of sp³-hybridized carbons (Fsp3) is 1.00. The van der Waals surface area contributed by atoms with Crippen LogP contribution in [0.1, 0.15) is 20.3 Å². The zero-order chi connectivity index (χ0) is 11.4. The number of hydrogen-bond acceptors (Lipinski definition) is 4. The fourth-order valence-corrected chi connectivity index (χ4v) is 1.22. The Bertz CT molecular complexity index is 117. The summed E-state index contributed by atoms with van der Waals surface area (Å²) in [6.07, 6.45) is 1.26. The molecule has 0 atom stereocenters. The van der Waals surface area contributed by atoms with Gasteiger partial charge in [0, 0.05) is 39.3 Å². The maximum absolute atomic E-state index is 5.36. The molecule has 0 rings (SSSR count). The molecule has 4 nitrogen and oxygen atoms in total. The maximum atomic E-state index is 5.36. The van der Waals surface area contributed by atoms with E-state index in [1.807, 2.05) is 0 Å². The zero-order valence-corrected chi connectivity index (χ0v) is 10.3. The molecule has 0 amide bonds. The van der Waals surface area contributed by atoms with E-state index in [1.54, 1.807) is 0 Å². The van der Waals surface area contributed by atoms with E-state index in [4.69, 9.17) is 5.73 Å². The van der Waals surface area contributed by atoms with Crippen LogP contribution in [0.2, 0.25) is 0 Å². The van der Waals surface area contributed by atoms with Gasteiger partial charge in [0.1, 0.15) is 0 Å². The van der Waals surface area contributed by atoms with Crippen molar-refractivity contribution < 1.29 is 0 Å². The van der Waals surface area contributed by atoms with Gasteiger partial charge in [-0.05, 0) is 18.9 Å². The predicted octanol–water partition coefficient (Wildman–Crippen LogP) is -0.240. The number of nitrogens with two attached hydrogens (primary N) is 1. The summed E-state index contributed by atoms with van der Waals surface area (Å²) in [5, 5.41) is 10.0. The summed E-state index contributed by atoms with van der Waals surface area (Å²) in [6.45, 7) is 11.4. The van der Waals surface area contributed by atoms with Gasteiger partial charge in [0.05, 0.1) is 0 Å². The van der Waals surface area contributed by atoms with Crippen molar-refractivity contribution in [3.05, 3.63) is 0 Å². The Morgan fingerprint density at radius 3 is 1.73 bits per heavy atom. The molecule has 0 bridgehead atoms. The van der Waals surface area contributed by atoms with Crippen molar-refractivity contribution in [2.24, 2.45) is 11.7 Å². The highest BCUT2D eigenvalue weighted by atomic mass is 15.0. The predicted molar refractivity (Wildman–Crippen MR) is 67.1 cm³/mol. The van der Waals surface area contributed by atoms with Crippen molar-refractivity contribution in [2.45, 2.75) is 20.3 Å². The van der Waals surface area contributed by atoms with Crippen molar-refractivity contribution in [3.63, 3.8) is 0 Å². The molecule has 0 saturated heterocycles. The van der Waals surface area contributed by atoms with Crippen LogP contribution < -0.4 is 21.7 Å². The molecule has 15 heavy (non-hydrogen) atoms. The van der Waals surface area contributed by atoms with E-state index in [0.29, 0.717) is 0 Å². The van der Waals surface area contributed by atoms with Crippen molar-refractivity contribution in [1.29, 1.82) is 0 Å². The highest BCUT2D eigenvalue weighted by Gasteiger charge is 1.92. The lowest BCUT2D eigenvalue weighted by molar-refractivity contribution is 0.524. The van der Waals surface area contributed by atoms with E-state index in [2.05, 4.69) is 29.8 Å². The van der Waals surface area contributed by atoms with Gasteiger partial charge in [0.2, 0.25) is 0 Å². The second-order valence-electron chi connectivity index (χ2n) is 4.22. The van der Waals surface area contributed by atoms with Crippen LogP contribution in [0.25, 0.3) is 0 Å². The Hall–Kier alpha value is -0.160. The molecule has 0 fully saturated rings. The summed E-state index contributed by atoms with van der Waals surface area (Å²) in [7, 11) is 0. The van der Waals surface area contributed by atoms with Crippen molar-refractivity contribution in [2.75, 3.05) is 45.8 Å². The van der Waals surface area contributed by atoms with E-state index >= 15 is 0 Å². The van der Waals surface area contributed by atoms with Crippen LogP contribution in [0.5, 0.6) is 0 Å². The molecule has 0 aliphatic carbocycles. The average Bonchev–Trinajstić information content (AvgIpc) is 2.20. The minimum atomic E-state index is 0.719. The van der Waals surface area contributed by atoms with E-state index in [-0.39, 0.29) is 0 Å². The van der Waals surface area contributed by atoms with Crippen molar-refractivity contribution in [3.8, 4) is 0 Å². The van der Waals surface area contributed by atoms with Crippen LogP contribution in [-0.2, 0) is 0 Å². The Labute approximate surface area is 94.4 Å². The molecular formula is C11H28N4. The number of hydrogen-bond donors (Lipinski definition) is 4. The summed E-state index contributed by atoms with van der Waals surface area (Å²) >= 11 is 0. The number of nitrogens with one attached hydrogen (secondary N) is 3. The molecule has 0 heterocycles. The first-order chi connectivity index (χ1) is 7.27. The summed E-state index contributed by atoms with van der Waals surface area (Å²) in [5.74, 6) is 0.797. The van der Waals surface area contributed by atoms with Gasteiger partial charge in [-0.1, -0.05) is 13.8 Å². The molecule has 0 aliphatic rings.